The standard InChI is InChI=1S/C12H10N4OSe/c1-17-8-2-4-9(5-3-8)18-12-10-11(14-6-13-10)15-7-16-12/h2-7H,1H3,(H,13,14,15,16). The maximum atomic E-state index is 5.14. The van der Waals surface area contributed by atoms with Crippen LogP contribution in [0.25, 0.3) is 11.2 Å². The molecule has 0 aliphatic carbocycles. The SMILES string of the molecule is COc1ccc([Se]c2ncnc3nc[nH]c23)cc1. The topological polar surface area (TPSA) is 63.7 Å². The van der Waals surface area contributed by atoms with Gasteiger partial charge >= 0.3 is 110 Å². The molecule has 0 saturated carbocycles. The van der Waals surface area contributed by atoms with Crippen LogP contribution in [-0.2, 0) is 0 Å². The van der Waals surface area contributed by atoms with E-state index < -0.39 is 0 Å². The van der Waals surface area contributed by atoms with Crippen molar-refractivity contribution in [3.05, 3.63) is 36.9 Å². The first-order valence-corrected chi connectivity index (χ1v) is 7.04. The molecule has 0 atom stereocenters. The zero-order valence-corrected chi connectivity index (χ0v) is 11.3. The number of rotatable bonds is 3. The van der Waals surface area contributed by atoms with Crippen LogP contribution in [-0.4, -0.2) is 42.0 Å². The molecular formula is C12H10N4OSe. The second-order valence-corrected chi connectivity index (χ2v) is 5.79. The average molecular weight is 305 g/mol. The number of hydrogen-bond donors (Lipinski definition) is 1. The molecule has 90 valence electrons. The van der Waals surface area contributed by atoms with Gasteiger partial charge in [0.2, 0.25) is 0 Å². The first-order valence-electron chi connectivity index (χ1n) is 5.33. The molecule has 0 spiro atoms. The average Bonchev–Trinajstić information content (AvgIpc) is 2.89. The van der Waals surface area contributed by atoms with E-state index in [9.17, 15) is 0 Å². The van der Waals surface area contributed by atoms with Crippen molar-refractivity contribution in [2.45, 2.75) is 0 Å². The predicted octanol–water partition coefficient (Wildman–Crippen LogP) is 0.0165. The van der Waals surface area contributed by atoms with Crippen LogP contribution in [0.3, 0.4) is 0 Å². The Balaban J connectivity index is 1.93. The van der Waals surface area contributed by atoms with Gasteiger partial charge in [-0.15, -0.1) is 0 Å². The van der Waals surface area contributed by atoms with Gasteiger partial charge in [-0.2, -0.15) is 0 Å². The van der Waals surface area contributed by atoms with Crippen LogP contribution in [0.5, 0.6) is 5.75 Å². The number of methoxy groups -OCH3 is 1. The summed E-state index contributed by atoms with van der Waals surface area (Å²) in [6.45, 7) is 0. The Hall–Kier alpha value is -1.91. The van der Waals surface area contributed by atoms with Crippen LogP contribution in [0.2, 0.25) is 0 Å². The van der Waals surface area contributed by atoms with E-state index in [-0.39, 0.29) is 15.0 Å². The molecule has 2 aromatic heterocycles. The van der Waals surface area contributed by atoms with Crippen LogP contribution in [0.1, 0.15) is 0 Å². The van der Waals surface area contributed by atoms with Gasteiger partial charge in [0.1, 0.15) is 0 Å². The summed E-state index contributed by atoms with van der Waals surface area (Å²) in [5.74, 6) is 0.865. The van der Waals surface area contributed by atoms with E-state index in [4.69, 9.17) is 4.74 Å². The van der Waals surface area contributed by atoms with E-state index in [0.717, 1.165) is 21.5 Å². The number of nitrogens with zero attached hydrogens (tertiary/aromatic N) is 3. The van der Waals surface area contributed by atoms with Crippen molar-refractivity contribution >= 4 is 35.2 Å². The zero-order chi connectivity index (χ0) is 12.4. The fraction of sp³-hybridized carbons (Fsp3) is 0.0833. The summed E-state index contributed by atoms with van der Waals surface area (Å²) in [5, 5.41) is 0. The number of imidazole rings is 1. The van der Waals surface area contributed by atoms with E-state index in [0.29, 0.717) is 0 Å². The quantitative estimate of drug-likeness (QED) is 0.693. The summed E-state index contributed by atoms with van der Waals surface area (Å²) >= 11 is 0.125. The second-order valence-electron chi connectivity index (χ2n) is 3.56. The summed E-state index contributed by atoms with van der Waals surface area (Å²) in [4.78, 5) is 15.7. The Morgan fingerprint density at radius 3 is 2.72 bits per heavy atom. The molecule has 0 amide bonds. The number of nitrogens with one attached hydrogen (secondary N) is 1. The Labute approximate surface area is 110 Å². The molecule has 0 aliphatic heterocycles. The Bertz CT molecular complexity index is 665. The molecular weight excluding hydrogens is 295 g/mol. The molecule has 18 heavy (non-hydrogen) atoms. The monoisotopic (exact) mass is 306 g/mol. The van der Waals surface area contributed by atoms with Crippen molar-refractivity contribution in [1.29, 1.82) is 0 Å². The van der Waals surface area contributed by atoms with Gasteiger partial charge in [-0.3, -0.25) is 0 Å². The van der Waals surface area contributed by atoms with Crippen LogP contribution in [0, 0.1) is 0 Å². The molecule has 0 aliphatic rings. The number of aromatic amines is 1. The van der Waals surface area contributed by atoms with Crippen molar-refractivity contribution in [3.8, 4) is 5.75 Å². The maximum absolute atomic E-state index is 5.14. The van der Waals surface area contributed by atoms with Crippen LogP contribution < -0.4 is 13.8 Å². The molecule has 0 unspecified atom stereocenters. The first kappa shape index (κ1) is 11.2. The van der Waals surface area contributed by atoms with Crippen LogP contribution in [0.4, 0.5) is 0 Å². The molecule has 3 aromatic rings. The number of hydrogen-bond acceptors (Lipinski definition) is 4. The molecule has 6 heteroatoms. The number of fused-ring (bicyclic) bond motifs is 1. The summed E-state index contributed by atoms with van der Waals surface area (Å²) in [7, 11) is 1.67. The van der Waals surface area contributed by atoms with Crippen molar-refractivity contribution < 1.29 is 4.74 Å². The third kappa shape index (κ3) is 2.08. The zero-order valence-electron chi connectivity index (χ0n) is 9.62. The van der Waals surface area contributed by atoms with E-state index in [1.54, 1.807) is 19.8 Å². The molecule has 0 saturated heterocycles. The Kier molecular flexibility index (Phi) is 2.96. The van der Waals surface area contributed by atoms with Crippen molar-refractivity contribution in [3.63, 3.8) is 0 Å². The van der Waals surface area contributed by atoms with Gasteiger partial charge in [-0.05, 0) is 0 Å². The van der Waals surface area contributed by atoms with Crippen molar-refractivity contribution in [1.82, 2.24) is 19.9 Å². The number of aromatic nitrogens is 4. The summed E-state index contributed by atoms with van der Waals surface area (Å²) in [6.07, 6.45) is 3.21. The van der Waals surface area contributed by atoms with Crippen molar-refractivity contribution in [2.75, 3.05) is 7.11 Å². The first-order chi connectivity index (χ1) is 8.86. The van der Waals surface area contributed by atoms with E-state index in [1.807, 2.05) is 12.1 Å². The fourth-order valence-electron chi connectivity index (χ4n) is 1.58. The molecule has 1 aromatic carbocycles. The Morgan fingerprint density at radius 1 is 1.11 bits per heavy atom. The van der Waals surface area contributed by atoms with Gasteiger partial charge in [0.05, 0.1) is 0 Å². The van der Waals surface area contributed by atoms with Gasteiger partial charge < -0.3 is 0 Å². The van der Waals surface area contributed by atoms with Crippen LogP contribution >= 0.6 is 0 Å². The van der Waals surface area contributed by atoms with Crippen LogP contribution in [0.15, 0.2) is 36.9 Å². The van der Waals surface area contributed by atoms with E-state index >= 15 is 0 Å². The fourth-order valence-corrected chi connectivity index (χ4v) is 3.35. The molecule has 2 heterocycles. The molecule has 3 rings (SSSR count). The predicted molar refractivity (Wildman–Crippen MR) is 69.7 cm³/mol. The number of H-pyrrole nitrogens is 1. The minimum absolute atomic E-state index is 0.125. The van der Waals surface area contributed by atoms with Gasteiger partial charge in [0, 0.05) is 0 Å². The molecule has 0 radical (unpaired) electrons. The van der Waals surface area contributed by atoms with Crippen molar-refractivity contribution in [2.24, 2.45) is 0 Å². The number of benzene rings is 1. The van der Waals surface area contributed by atoms with Gasteiger partial charge in [-0.25, -0.2) is 0 Å². The summed E-state index contributed by atoms with van der Waals surface area (Å²) < 4.78 is 7.39. The van der Waals surface area contributed by atoms with E-state index in [2.05, 4.69) is 32.1 Å². The summed E-state index contributed by atoms with van der Waals surface area (Å²) in [6, 6.07) is 8.04. The second kappa shape index (κ2) is 4.76. The third-order valence-electron chi connectivity index (χ3n) is 2.46. The molecule has 5 nitrogen and oxygen atoms in total. The molecule has 1 N–H and O–H groups in total. The van der Waals surface area contributed by atoms with Gasteiger partial charge in [0.25, 0.3) is 0 Å². The van der Waals surface area contributed by atoms with Gasteiger partial charge in [0.15, 0.2) is 0 Å². The summed E-state index contributed by atoms with van der Waals surface area (Å²) in [5.41, 5.74) is 1.64. The van der Waals surface area contributed by atoms with Gasteiger partial charge in [-0.1, -0.05) is 0 Å². The number of ether oxygens (including phenoxy) is 1. The normalized spacial score (nSPS) is 10.7. The third-order valence-corrected chi connectivity index (χ3v) is 4.58. The Morgan fingerprint density at radius 2 is 1.94 bits per heavy atom. The minimum atomic E-state index is 0.125. The molecule has 0 bridgehead atoms. The molecule has 0 fully saturated rings. The van der Waals surface area contributed by atoms with E-state index in [1.165, 1.54) is 4.46 Å².